The van der Waals surface area contributed by atoms with Crippen molar-refractivity contribution in [3.8, 4) is 5.75 Å². The fraction of sp³-hybridized carbons (Fsp3) is 0.625. The van der Waals surface area contributed by atoms with E-state index in [2.05, 4.69) is 0 Å². The van der Waals surface area contributed by atoms with Gasteiger partial charge >= 0.3 is 0 Å². The molecule has 4 nitrogen and oxygen atoms in total. The van der Waals surface area contributed by atoms with Gasteiger partial charge in [0.15, 0.2) is 0 Å². The molecule has 0 radical (unpaired) electrons. The van der Waals surface area contributed by atoms with E-state index in [0.717, 1.165) is 30.6 Å². The molecule has 0 aromatic heterocycles. The number of piperidine rings is 1. The number of hydrogen-bond donors (Lipinski definition) is 0. The summed E-state index contributed by atoms with van der Waals surface area (Å²) in [5.74, 6) is 0.746. The van der Waals surface area contributed by atoms with Crippen molar-refractivity contribution in [2.24, 2.45) is 0 Å². The van der Waals surface area contributed by atoms with Crippen LogP contribution in [0.5, 0.6) is 5.75 Å². The first-order valence-corrected chi connectivity index (χ1v) is 9.09. The van der Waals surface area contributed by atoms with Gasteiger partial charge < -0.3 is 4.74 Å². The van der Waals surface area contributed by atoms with Gasteiger partial charge in [0, 0.05) is 12.1 Å². The Kier molecular flexibility index (Phi) is 4.94. The molecule has 1 fully saturated rings. The minimum absolute atomic E-state index is 0.0608. The van der Waals surface area contributed by atoms with Crippen molar-refractivity contribution in [2.45, 2.75) is 63.9 Å². The molecule has 0 saturated carbocycles. The summed E-state index contributed by atoms with van der Waals surface area (Å²) in [6, 6.07) is 5.25. The molecule has 2 unspecified atom stereocenters. The summed E-state index contributed by atoms with van der Waals surface area (Å²) in [5, 5.41) is 0. The van der Waals surface area contributed by atoms with E-state index < -0.39 is 10.0 Å². The van der Waals surface area contributed by atoms with E-state index in [-0.39, 0.29) is 12.1 Å². The average molecular weight is 311 g/mol. The molecular formula is C16H25NO3S. The Morgan fingerprint density at radius 2 is 1.86 bits per heavy atom. The third-order valence-corrected chi connectivity index (χ3v) is 6.26. The molecule has 2 atom stereocenters. The quantitative estimate of drug-likeness (QED) is 0.856. The molecule has 0 N–H and O–H groups in total. The zero-order valence-electron chi connectivity index (χ0n) is 13.3. The maximum Gasteiger partial charge on any atom is 0.243 e. The molecule has 1 aliphatic heterocycles. The van der Waals surface area contributed by atoms with Crippen molar-refractivity contribution in [2.75, 3.05) is 6.61 Å². The van der Waals surface area contributed by atoms with Gasteiger partial charge in [-0.15, -0.1) is 0 Å². The van der Waals surface area contributed by atoms with Gasteiger partial charge in [0.1, 0.15) is 5.75 Å². The van der Waals surface area contributed by atoms with Crippen molar-refractivity contribution in [1.82, 2.24) is 4.31 Å². The summed E-state index contributed by atoms with van der Waals surface area (Å²) in [6.07, 6.45) is 2.95. The molecule has 5 heteroatoms. The highest BCUT2D eigenvalue weighted by Crippen LogP contribution is 2.31. The van der Waals surface area contributed by atoms with Crippen molar-refractivity contribution in [3.63, 3.8) is 0 Å². The zero-order valence-corrected chi connectivity index (χ0v) is 14.1. The summed E-state index contributed by atoms with van der Waals surface area (Å²) in [5.41, 5.74) is 0.857. The van der Waals surface area contributed by atoms with Gasteiger partial charge in [-0.1, -0.05) is 6.42 Å². The second-order valence-corrected chi connectivity index (χ2v) is 7.67. The molecule has 1 saturated heterocycles. The number of sulfonamides is 1. The van der Waals surface area contributed by atoms with Crippen LogP contribution in [0.1, 0.15) is 45.6 Å². The summed E-state index contributed by atoms with van der Waals surface area (Å²) in [6.45, 7) is 8.37. The summed E-state index contributed by atoms with van der Waals surface area (Å²) < 4.78 is 33.0. The highest BCUT2D eigenvalue weighted by molar-refractivity contribution is 7.89. The van der Waals surface area contributed by atoms with Gasteiger partial charge in [-0.05, 0) is 64.3 Å². The number of benzene rings is 1. The molecule has 0 spiro atoms. The van der Waals surface area contributed by atoms with Crippen LogP contribution in [0.2, 0.25) is 0 Å². The van der Waals surface area contributed by atoms with Gasteiger partial charge in [-0.25, -0.2) is 8.42 Å². The van der Waals surface area contributed by atoms with Gasteiger partial charge in [-0.2, -0.15) is 4.31 Å². The van der Waals surface area contributed by atoms with Crippen molar-refractivity contribution >= 4 is 10.0 Å². The van der Waals surface area contributed by atoms with Gasteiger partial charge in [0.2, 0.25) is 10.0 Å². The summed E-state index contributed by atoms with van der Waals surface area (Å²) >= 11 is 0. The molecule has 2 rings (SSSR count). The number of rotatable bonds is 4. The van der Waals surface area contributed by atoms with Gasteiger partial charge in [-0.3, -0.25) is 0 Å². The number of nitrogens with zero attached hydrogens (tertiary/aromatic N) is 1. The molecule has 1 aromatic rings. The Bertz CT molecular complexity index is 588. The van der Waals surface area contributed by atoms with E-state index in [1.165, 1.54) is 0 Å². The highest BCUT2D eigenvalue weighted by Gasteiger charge is 2.35. The fourth-order valence-corrected chi connectivity index (χ4v) is 5.06. The lowest BCUT2D eigenvalue weighted by Gasteiger charge is -2.37. The van der Waals surface area contributed by atoms with E-state index in [1.54, 1.807) is 22.5 Å². The third-order valence-electron chi connectivity index (χ3n) is 4.13. The van der Waals surface area contributed by atoms with Crippen LogP contribution in [0, 0.1) is 6.92 Å². The minimum Gasteiger partial charge on any atom is -0.494 e. The zero-order chi connectivity index (χ0) is 15.6. The Hall–Kier alpha value is -1.07. The lowest BCUT2D eigenvalue weighted by Crippen LogP contribution is -2.47. The number of ether oxygens (including phenoxy) is 1. The van der Waals surface area contributed by atoms with E-state index in [4.69, 9.17) is 4.74 Å². The molecule has 0 amide bonds. The SMILES string of the molecule is CCOc1ccc(S(=O)(=O)N2C(C)CCCC2C)cc1C. The smallest absolute Gasteiger partial charge is 0.243 e. The van der Waals surface area contributed by atoms with E-state index >= 15 is 0 Å². The Morgan fingerprint density at radius 3 is 2.38 bits per heavy atom. The van der Waals surface area contributed by atoms with E-state index in [1.807, 2.05) is 27.7 Å². The predicted molar refractivity (Wildman–Crippen MR) is 84.1 cm³/mol. The van der Waals surface area contributed by atoms with Crippen LogP contribution < -0.4 is 4.74 Å². The van der Waals surface area contributed by atoms with Crippen LogP contribution in [0.25, 0.3) is 0 Å². The predicted octanol–water partition coefficient (Wildman–Crippen LogP) is 3.35. The maximum absolute atomic E-state index is 12.9. The Labute approximate surface area is 128 Å². The first-order valence-electron chi connectivity index (χ1n) is 7.65. The monoisotopic (exact) mass is 311 g/mol. The molecule has 0 aliphatic carbocycles. The lowest BCUT2D eigenvalue weighted by atomic mass is 10.0. The first kappa shape index (κ1) is 16.3. The number of hydrogen-bond acceptors (Lipinski definition) is 3. The lowest BCUT2D eigenvalue weighted by molar-refractivity contribution is 0.204. The first-order chi connectivity index (χ1) is 9.87. The van der Waals surface area contributed by atoms with Crippen LogP contribution in [0.3, 0.4) is 0 Å². The molecule has 1 aliphatic rings. The van der Waals surface area contributed by atoms with Crippen LogP contribution in [-0.4, -0.2) is 31.4 Å². The van der Waals surface area contributed by atoms with Gasteiger partial charge in [0.05, 0.1) is 11.5 Å². The molecular weight excluding hydrogens is 286 g/mol. The molecule has 21 heavy (non-hydrogen) atoms. The molecule has 1 aromatic carbocycles. The topological polar surface area (TPSA) is 46.6 Å². The van der Waals surface area contributed by atoms with Crippen LogP contribution >= 0.6 is 0 Å². The second kappa shape index (κ2) is 6.36. The van der Waals surface area contributed by atoms with Gasteiger partial charge in [0.25, 0.3) is 0 Å². The van der Waals surface area contributed by atoms with Crippen LogP contribution in [0.4, 0.5) is 0 Å². The van der Waals surface area contributed by atoms with Crippen LogP contribution in [-0.2, 0) is 10.0 Å². The van der Waals surface area contributed by atoms with Crippen molar-refractivity contribution in [1.29, 1.82) is 0 Å². The van der Waals surface area contributed by atoms with Crippen molar-refractivity contribution in [3.05, 3.63) is 23.8 Å². The maximum atomic E-state index is 12.9. The fourth-order valence-electron chi connectivity index (χ4n) is 3.09. The minimum atomic E-state index is -3.44. The van der Waals surface area contributed by atoms with Crippen LogP contribution in [0.15, 0.2) is 23.1 Å². The normalized spacial score (nSPS) is 24.0. The molecule has 118 valence electrons. The molecule has 1 heterocycles. The largest absolute Gasteiger partial charge is 0.494 e. The third kappa shape index (κ3) is 3.24. The number of aryl methyl sites for hydroxylation is 1. The summed E-state index contributed by atoms with van der Waals surface area (Å²) in [4.78, 5) is 0.365. The van der Waals surface area contributed by atoms with Crippen molar-refractivity contribution < 1.29 is 13.2 Å². The molecule has 0 bridgehead atoms. The van der Waals surface area contributed by atoms with E-state index in [0.29, 0.717) is 11.5 Å². The Balaban J connectivity index is 2.37. The second-order valence-electron chi connectivity index (χ2n) is 5.82. The Morgan fingerprint density at radius 1 is 1.24 bits per heavy atom. The highest BCUT2D eigenvalue weighted by atomic mass is 32.2. The summed E-state index contributed by atoms with van der Waals surface area (Å²) in [7, 11) is -3.44. The average Bonchev–Trinajstić information content (AvgIpc) is 2.40. The van der Waals surface area contributed by atoms with E-state index in [9.17, 15) is 8.42 Å². The standard InChI is InChI=1S/C16H25NO3S/c1-5-20-16-10-9-15(11-12(16)2)21(18,19)17-13(3)7-6-8-14(17)4/h9-11,13-14H,5-8H2,1-4H3.